The Morgan fingerprint density at radius 3 is 2.03 bits per heavy atom. The van der Waals surface area contributed by atoms with Crippen LogP contribution < -0.4 is 31.2 Å². The van der Waals surface area contributed by atoms with Gasteiger partial charge < -0.3 is 41.0 Å². The van der Waals surface area contributed by atoms with Crippen molar-refractivity contribution in [2.45, 2.75) is 176 Å². The van der Waals surface area contributed by atoms with E-state index in [1.807, 2.05) is 13.8 Å². The second kappa shape index (κ2) is 28.5. The number of carboxylic acid groups (broad SMARTS) is 1. The molecule has 2 rings (SSSR count). The lowest BCUT2D eigenvalue weighted by Gasteiger charge is -2.38. The second-order valence-electron chi connectivity index (χ2n) is 19.4. The van der Waals surface area contributed by atoms with Gasteiger partial charge in [0, 0.05) is 30.0 Å². The van der Waals surface area contributed by atoms with Crippen molar-refractivity contribution in [1.82, 2.24) is 16.0 Å². The van der Waals surface area contributed by atoms with Crippen molar-refractivity contribution in [3.63, 3.8) is 0 Å². The maximum atomic E-state index is 14.0. The predicted molar refractivity (Wildman–Crippen MR) is 260 cm³/mol. The third-order valence-electron chi connectivity index (χ3n) is 12.3. The Labute approximate surface area is 403 Å². The van der Waals surface area contributed by atoms with Crippen molar-refractivity contribution >= 4 is 57.5 Å². The maximum absolute atomic E-state index is 14.0. The van der Waals surface area contributed by atoms with Crippen LogP contribution in [0.2, 0.25) is 0 Å². The standard InChI is InChI=1S/C48H80N4O13S2/c1-29(2)14-11-15-31(5)16-12-17-32(6)18-13-22-48(10)23-21-36-35(9)42(33(7)34(8)43(36)65-48)64-47(59)37(44(55)50-24-25-67(60,61)62)27-66-28-39(45(56)51-26-41(54)63-30(3)4)52-40(53)20-19-38(49)46(57)58/h29-32,37-39H,11-28,49H2,1-10H3,(H,50,55)(H,51,56)(H,52,53)(H,57,58)(H,60,61,62)/t31?,32?,37?,38-,39-,48?/m0/s1. The Kier molecular flexibility index (Phi) is 25.2. The van der Waals surface area contributed by atoms with Gasteiger partial charge in [-0.05, 0) is 108 Å². The van der Waals surface area contributed by atoms with Crippen molar-refractivity contribution in [3.8, 4) is 11.5 Å². The topological polar surface area (TPSA) is 267 Å². The molecule has 17 nitrogen and oxygen atoms in total. The third-order valence-corrected chi connectivity index (χ3v) is 14.2. The van der Waals surface area contributed by atoms with Crippen LogP contribution in [0, 0.1) is 44.4 Å². The zero-order chi connectivity index (χ0) is 50.6. The number of esters is 2. The molecular weight excluding hydrogens is 905 g/mol. The summed E-state index contributed by atoms with van der Waals surface area (Å²) in [6.45, 7) is 19.2. The van der Waals surface area contributed by atoms with Crippen LogP contribution in [0.25, 0.3) is 0 Å². The molecule has 1 aromatic rings. The number of nitrogens with two attached hydrogens (primary N) is 1. The van der Waals surface area contributed by atoms with Gasteiger partial charge in [0.25, 0.3) is 10.1 Å². The molecule has 19 heteroatoms. The van der Waals surface area contributed by atoms with Crippen LogP contribution in [0.15, 0.2) is 0 Å². The zero-order valence-corrected chi connectivity index (χ0v) is 43.2. The van der Waals surface area contributed by atoms with Crippen LogP contribution in [-0.2, 0) is 50.0 Å². The van der Waals surface area contributed by atoms with Gasteiger partial charge in [-0.3, -0.25) is 33.3 Å². The number of carbonyl (C=O) groups is 6. The number of nitrogens with one attached hydrogen (secondary N) is 3. The fraction of sp³-hybridized carbons (Fsp3) is 0.750. The van der Waals surface area contributed by atoms with Crippen molar-refractivity contribution in [2.75, 3.05) is 30.3 Å². The second-order valence-corrected chi connectivity index (χ2v) is 22.0. The lowest BCUT2D eigenvalue weighted by Crippen LogP contribution is -2.50. The van der Waals surface area contributed by atoms with Gasteiger partial charge in [0.1, 0.15) is 41.6 Å². The normalized spacial score (nSPS) is 17.0. The highest BCUT2D eigenvalue weighted by atomic mass is 32.2. The first-order chi connectivity index (χ1) is 31.2. The van der Waals surface area contributed by atoms with E-state index in [0.717, 1.165) is 66.2 Å². The highest BCUT2D eigenvalue weighted by molar-refractivity contribution is 7.99. The summed E-state index contributed by atoms with van der Waals surface area (Å²) in [7, 11) is -4.46. The monoisotopic (exact) mass is 985 g/mol. The minimum Gasteiger partial charge on any atom is -0.487 e. The summed E-state index contributed by atoms with van der Waals surface area (Å²) >= 11 is 0.910. The van der Waals surface area contributed by atoms with Crippen LogP contribution >= 0.6 is 11.8 Å². The van der Waals surface area contributed by atoms with Crippen molar-refractivity contribution in [2.24, 2.45) is 29.4 Å². The minimum atomic E-state index is -4.46. The van der Waals surface area contributed by atoms with Crippen LogP contribution in [-0.4, -0.2) is 108 Å². The molecule has 0 spiro atoms. The molecule has 382 valence electrons. The Morgan fingerprint density at radius 1 is 0.836 bits per heavy atom. The van der Waals surface area contributed by atoms with Crippen LogP contribution in [0.1, 0.15) is 148 Å². The first-order valence-electron chi connectivity index (χ1n) is 23.8. The van der Waals surface area contributed by atoms with E-state index in [1.165, 1.54) is 38.5 Å². The highest BCUT2D eigenvalue weighted by Crippen LogP contribution is 2.45. The SMILES string of the molecule is Cc1c(C)c2c(c(C)c1OC(=O)C(CSC[C@H](NC(=O)CC[C@H](N)C(=O)O)C(=O)NCC(=O)OC(C)C)C(=O)NCCS(=O)(=O)O)CCC(C)(CCCC(C)CCCC(C)CCCC(C)C)O2. The molecule has 1 aromatic carbocycles. The van der Waals surface area contributed by atoms with E-state index >= 15 is 0 Å². The number of amides is 3. The number of aliphatic carboxylic acids is 1. The van der Waals surface area contributed by atoms with Gasteiger partial charge in [-0.2, -0.15) is 20.2 Å². The van der Waals surface area contributed by atoms with Crippen molar-refractivity contribution in [3.05, 3.63) is 22.3 Å². The molecule has 0 saturated carbocycles. The van der Waals surface area contributed by atoms with Crippen LogP contribution in [0.3, 0.4) is 0 Å². The molecule has 0 aliphatic carbocycles. The Balaban J connectivity index is 2.23. The predicted octanol–water partition coefficient (Wildman–Crippen LogP) is 6.14. The molecule has 4 unspecified atom stereocenters. The highest BCUT2D eigenvalue weighted by Gasteiger charge is 2.36. The summed E-state index contributed by atoms with van der Waals surface area (Å²) in [5.74, 6) is -5.18. The maximum Gasteiger partial charge on any atom is 0.325 e. The Hall–Kier alpha value is -3.94. The smallest absolute Gasteiger partial charge is 0.325 e. The lowest BCUT2D eigenvalue weighted by atomic mass is 9.83. The van der Waals surface area contributed by atoms with E-state index in [9.17, 15) is 41.7 Å². The molecule has 7 N–H and O–H groups in total. The van der Waals surface area contributed by atoms with Crippen molar-refractivity contribution in [1.29, 1.82) is 0 Å². The number of thioether (sulfide) groups is 1. The van der Waals surface area contributed by atoms with Crippen molar-refractivity contribution < 1.29 is 61.1 Å². The van der Waals surface area contributed by atoms with E-state index in [-0.39, 0.29) is 35.7 Å². The summed E-state index contributed by atoms with van der Waals surface area (Å²) in [6.07, 6.45) is 11.1. The van der Waals surface area contributed by atoms with Gasteiger partial charge in [-0.1, -0.05) is 72.6 Å². The average Bonchev–Trinajstić information content (AvgIpc) is 3.22. The van der Waals surface area contributed by atoms with E-state index < -0.39 is 88.7 Å². The van der Waals surface area contributed by atoms with Gasteiger partial charge in [0.15, 0.2) is 0 Å². The van der Waals surface area contributed by atoms with Gasteiger partial charge in [0.05, 0.1) is 11.9 Å². The number of hydrogen-bond donors (Lipinski definition) is 6. The van der Waals surface area contributed by atoms with Crippen LogP contribution in [0.4, 0.5) is 0 Å². The first kappa shape index (κ1) is 59.2. The minimum absolute atomic E-state index is 0.229. The summed E-state index contributed by atoms with van der Waals surface area (Å²) in [6, 6.07) is -2.65. The number of ether oxygens (including phenoxy) is 3. The summed E-state index contributed by atoms with van der Waals surface area (Å²) < 4.78 is 49.9. The molecule has 0 saturated heterocycles. The zero-order valence-electron chi connectivity index (χ0n) is 41.5. The lowest BCUT2D eigenvalue weighted by molar-refractivity contribution is -0.147. The fourth-order valence-electron chi connectivity index (χ4n) is 8.01. The van der Waals surface area contributed by atoms with E-state index in [0.29, 0.717) is 23.5 Å². The van der Waals surface area contributed by atoms with Crippen LogP contribution in [0.5, 0.6) is 11.5 Å². The molecule has 0 fully saturated rings. The number of rotatable bonds is 31. The van der Waals surface area contributed by atoms with E-state index in [2.05, 4.69) is 50.6 Å². The van der Waals surface area contributed by atoms with E-state index in [1.54, 1.807) is 20.8 Å². The van der Waals surface area contributed by atoms with Gasteiger partial charge in [0.2, 0.25) is 17.7 Å². The van der Waals surface area contributed by atoms with Gasteiger partial charge in [-0.25, -0.2) is 0 Å². The summed E-state index contributed by atoms with van der Waals surface area (Å²) in [5, 5.41) is 16.4. The largest absolute Gasteiger partial charge is 0.487 e. The Morgan fingerprint density at radius 2 is 1.45 bits per heavy atom. The molecule has 1 aliphatic rings. The molecule has 1 heterocycles. The third kappa shape index (κ3) is 21.9. The molecule has 67 heavy (non-hydrogen) atoms. The molecule has 3 amide bonds. The number of benzene rings is 1. The number of fused-ring (bicyclic) bond motifs is 1. The number of carboxylic acids is 1. The number of carbonyl (C=O) groups excluding carboxylic acids is 5. The molecule has 0 aromatic heterocycles. The molecular formula is C48H80N4O13S2. The molecule has 0 radical (unpaired) electrons. The summed E-state index contributed by atoms with van der Waals surface area (Å²) in [5.41, 5.74) is 8.16. The van der Waals surface area contributed by atoms with Gasteiger partial charge in [-0.15, -0.1) is 0 Å². The Bertz CT molecular complexity index is 1940. The fourth-order valence-corrected chi connectivity index (χ4v) is 9.50. The number of hydrogen-bond acceptors (Lipinski definition) is 13. The summed E-state index contributed by atoms with van der Waals surface area (Å²) in [4.78, 5) is 77.0. The quantitative estimate of drug-likeness (QED) is 0.0211. The molecule has 1 aliphatic heterocycles. The molecule has 0 bridgehead atoms. The average molecular weight is 985 g/mol. The van der Waals surface area contributed by atoms with E-state index in [4.69, 9.17) is 25.1 Å². The molecule has 6 atom stereocenters. The van der Waals surface area contributed by atoms with Gasteiger partial charge >= 0.3 is 17.9 Å². The first-order valence-corrected chi connectivity index (χ1v) is 26.6.